The molecular formula is C43H50N6O9S2. The highest BCUT2D eigenvalue weighted by molar-refractivity contribution is 7.89. The third kappa shape index (κ3) is 10.9. The highest BCUT2D eigenvalue weighted by Gasteiger charge is 2.32. The summed E-state index contributed by atoms with van der Waals surface area (Å²) in [6, 6.07) is 32.0. The fourth-order valence-corrected chi connectivity index (χ4v) is 9.37. The van der Waals surface area contributed by atoms with Crippen LogP contribution in [0.4, 0.5) is 0 Å². The van der Waals surface area contributed by atoms with E-state index in [1.54, 1.807) is 39.3 Å². The molecule has 60 heavy (non-hydrogen) atoms. The van der Waals surface area contributed by atoms with Crippen molar-refractivity contribution in [3.05, 3.63) is 144 Å². The minimum absolute atomic E-state index is 0.0244. The van der Waals surface area contributed by atoms with Crippen LogP contribution in [0.15, 0.2) is 132 Å². The Hall–Kier alpha value is -5.72. The molecule has 0 amide bonds. The van der Waals surface area contributed by atoms with Crippen LogP contribution in [-0.2, 0) is 46.2 Å². The van der Waals surface area contributed by atoms with Gasteiger partial charge in [0.15, 0.2) is 10.1 Å². The van der Waals surface area contributed by atoms with Crippen LogP contribution in [0, 0.1) is 0 Å². The van der Waals surface area contributed by atoms with Gasteiger partial charge in [0.25, 0.3) is 20.0 Å². The quantitative estimate of drug-likeness (QED) is 0.107. The molecule has 2 atom stereocenters. The Morgan fingerprint density at radius 1 is 0.600 bits per heavy atom. The molecule has 7 rings (SSSR count). The first-order chi connectivity index (χ1) is 28.9. The van der Waals surface area contributed by atoms with Crippen molar-refractivity contribution in [2.24, 2.45) is 0 Å². The first-order valence-corrected chi connectivity index (χ1v) is 22.1. The standard InChI is InChI=1S/C24H29N3O5S.C19H21N3O4S/c1-31-20-10-6-18(7-11-20)16-26(17-19-8-12-21(32-2)13-9-19)33(29,30)24-14-15-27(25-24)22-4-3-5-23(22)28;1-25-17-7-3-15(4-8-17)13-22(27(23,24)19-11-12-20-21-19)14-16-5-9-18(26-2)10-6-16/h6-15,22-23,28H,3-5,16-17H2,1-2H3;3-12H,13-14H2,1-2H3,(H,20,21). The number of nitrogens with zero attached hydrogens (tertiary/aromatic N) is 5. The average molecular weight is 859 g/mol. The van der Waals surface area contributed by atoms with E-state index in [0.717, 1.165) is 46.6 Å². The fraction of sp³-hybridized carbons (Fsp3) is 0.302. The van der Waals surface area contributed by atoms with E-state index in [1.165, 1.54) is 26.9 Å². The molecule has 318 valence electrons. The minimum atomic E-state index is -3.90. The summed E-state index contributed by atoms with van der Waals surface area (Å²) in [4.78, 5) is 0. The van der Waals surface area contributed by atoms with Crippen molar-refractivity contribution in [2.45, 2.75) is 67.6 Å². The van der Waals surface area contributed by atoms with Gasteiger partial charge in [0.1, 0.15) is 23.0 Å². The second-order valence-electron chi connectivity index (χ2n) is 14.1. The second-order valence-corrected chi connectivity index (χ2v) is 17.9. The number of rotatable bonds is 17. The molecule has 2 unspecified atom stereocenters. The number of aliphatic hydroxyl groups excluding tert-OH is 1. The first-order valence-electron chi connectivity index (χ1n) is 19.2. The number of aliphatic hydroxyl groups is 1. The van der Waals surface area contributed by atoms with Crippen molar-refractivity contribution >= 4 is 20.0 Å². The zero-order chi connectivity index (χ0) is 42.7. The number of methoxy groups -OCH3 is 4. The highest BCUT2D eigenvalue weighted by Crippen LogP contribution is 2.31. The largest absolute Gasteiger partial charge is 0.497 e. The molecule has 1 aliphatic rings. The lowest BCUT2D eigenvalue weighted by Gasteiger charge is -2.22. The molecule has 6 aromatic rings. The monoisotopic (exact) mass is 858 g/mol. The fourth-order valence-electron chi connectivity index (χ4n) is 6.72. The van der Waals surface area contributed by atoms with E-state index in [2.05, 4.69) is 15.3 Å². The lowest BCUT2D eigenvalue weighted by Crippen LogP contribution is -2.31. The van der Waals surface area contributed by atoms with Gasteiger partial charge >= 0.3 is 0 Å². The molecule has 1 aliphatic carbocycles. The Bertz CT molecular complexity index is 2360. The summed E-state index contributed by atoms with van der Waals surface area (Å²) >= 11 is 0. The molecule has 2 N–H and O–H groups in total. The Morgan fingerprint density at radius 3 is 1.33 bits per heavy atom. The molecule has 15 nitrogen and oxygen atoms in total. The number of aromatic amines is 1. The third-order valence-corrected chi connectivity index (χ3v) is 13.5. The van der Waals surface area contributed by atoms with E-state index in [4.69, 9.17) is 18.9 Å². The molecule has 17 heteroatoms. The van der Waals surface area contributed by atoms with E-state index in [-0.39, 0.29) is 42.3 Å². The maximum Gasteiger partial charge on any atom is 0.262 e. The Morgan fingerprint density at radius 2 is 1.00 bits per heavy atom. The Balaban J connectivity index is 0.000000205. The average Bonchev–Trinajstić information content (AvgIpc) is 4.08. The molecule has 4 aromatic carbocycles. The summed E-state index contributed by atoms with van der Waals surface area (Å²) in [6.07, 6.45) is 4.94. The van der Waals surface area contributed by atoms with Crippen molar-refractivity contribution in [2.75, 3.05) is 28.4 Å². The van der Waals surface area contributed by atoms with E-state index in [1.807, 2.05) is 97.1 Å². The maximum atomic E-state index is 13.6. The van der Waals surface area contributed by atoms with Crippen LogP contribution in [0.5, 0.6) is 23.0 Å². The molecule has 0 saturated heterocycles. The topological polar surface area (TPSA) is 178 Å². The van der Waals surface area contributed by atoms with Gasteiger partial charge in [0.2, 0.25) is 0 Å². The van der Waals surface area contributed by atoms with Crippen LogP contribution in [0.2, 0.25) is 0 Å². The normalized spacial score (nSPS) is 15.4. The van der Waals surface area contributed by atoms with Gasteiger partial charge in [-0.15, -0.1) is 0 Å². The van der Waals surface area contributed by atoms with Gasteiger partial charge in [-0.05, 0) is 102 Å². The third-order valence-electron chi connectivity index (χ3n) is 10.1. The maximum absolute atomic E-state index is 13.6. The molecule has 0 radical (unpaired) electrons. The number of H-pyrrole nitrogens is 1. The SMILES string of the molecule is COc1ccc(CN(Cc2ccc(OC)cc2)S(=O)(=O)c2ccn(C3CCCC3O)n2)cc1.COc1ccc(CN(Cc2ccc(OC)cc2)S(=O)(=O)c2ccn[nH]2)cc1. The molecular weight excluding hydrogens is 809 g/mol. The van der Waals surface area contributed by atoms with Gasteiger partial charge in [0.05, 0.1) is 46.8 Å². The second kappa shape index (κ2) is 20.0. The van der Waals surface area contributed by atoms with Gasteiger partial charge in [-0.25, -0.2) is 16.8 Å². The van der Waals surface area contributed by atoms with Crippen LogP contribution in [0.3, 0.4) is 0 Å². The number of sulfonamides is 2. The predicted molar refractivity (Wildman–Crippen MR) is 225 cm³/mol. The van der Waals surface area contributed by atoms with Crippen molar-refractivity contribution in [3.63, 3.8) is 0 Å². The summed E-state index contributed by atoms with van der Waals surface area (Å²) in [6.45, 7) is 0.795. The summed E-state index contributed by atoms with van der Waals surface area (Å²) in [5.74, 6) is 2.85. The highest BCUT2D eigenvalue weighted by atomic mass is 32.2. The van der Waals surface area contributed by atoms with Crippen molar-refractivity contribution < 1.29 is 40.9 Å². The first kappa shape index (κ1) is 43.8. The smallest absolute Gasteiger partial charge is 0.262 e. The number of nitrogens with one attached hydrogen (secondary N) is 1. The minimum Gasteiger partial charge on any atom is -0.497 e. The van der Waals surface area contributed by atoms with Crippen molar-refractivity contribution in [1.29, 1.82) is 0 Å². The van der Waals surface area contributed by atoms with Crippen molar-refractivity contribution in [3.8, 4) is 23.0 Å². The zero-order valence-corrected chi connectivity index (χ0v) is 35.6. The van der Waals surface area contributed by atoms with E-state index >= 15 is 0 Å². The molecule has 1 saturated carbocycles. The zero-order valence-electron chi connectivity index (χ0n) is 33.9. The van der Waals surface area contributed by atoms with Gasteiger partial charge in [0, 0.05) is 32.4 Å². The molecule has 0 bridgehead atoms. The molecule has 0 aliphatic heterocycles. The number of aromatic nitrogens is 4. The van der Waals surface area contributed by atoms with Gasteiger partial charge in [-0.2, -0.15) is 18.8 Å². The summed E-state index contributed by atoms with van der Waals surface area (Å²) in [7, 11) is -1.27. The number of ether oxygens (including phenoxy) is 4. The van der Waals surface area contributed by atoms with E-state index in [9.17, 15) is 21.9 Å². The van der Waals surface area contributed by atoms with Gasteiger partial charge in [-0.1, -0.05) is 48.5 Å². The van der Waals surface area contributed by atoms with Crippen LogP contribution < -0.4 is 18.9 Å². The van der Waals surface area contributed by atoms with Gasteiger partial charge in [-0.3, -0.25) is 9.78 Å². The molecule has 1 fully saturated rings. The number of hydrogen-bond donors (Lipinski definition) is 2. The lowest BCUT2D eigenvalue weighted by molar-refractivity contribution is 0.129. The van der Waals surface area contributed by atoms with Crippen LogP contribution in [-0.4, -0.2) is 85.1 Å². The molecule has 0 spiro atoms. The number of benzene rings is 4. The lowest BCUT2D eigenvalue weighted by atomic mass is 10.2. The van der Waals surface area contributed by atoms with Crippen LogP contribution in [0.1, 0.15) is 47.6 Å². The van der Waals surface area contributed by atoms with Crippen LogP contribution >= 0.6 is 0 Å². The van der Waals surface area contributed by atoms with E-state index in [0.29, 0.717) is 17.9 Å². The summed E-state index contributed by atoms with van der Waals surface area (Å²) < 4.78 is 78.5. The van der Waals surface area contributed by atoms with Gasteiger partial charge < -0.3 is 24.1 Å². The Kier molecular flexibility index (Phi) is 14.6. The van der Waals surface area contributed by atoms with Crippen molar-refractivity contribution in [1.82, 2.24) is 28.6 Å². The Labute approximate surface area is 351 Å². The molecule has 2 aromatic heterocycles. The summed E-state index contributed by atoms with van der Waals surface area (Å²) in [5, 5.41) is 20.9. The van der Waals surface area contributed by atoms with E-state index < -0.39 is 26.2 Å². The van der Waals surface area contributed by atoms with Crippen LogP contribution in [0.25, 0.3) is 0 Å². The predicted octanol–water partition coefficient (Wildman–Crippen LogP) is 6.20. The summed E-state index contributed by atoms with van der Waals surface area (Å²) in [5.41, 5.74) is 3.37. The number of hydrogen-bond acceptors (Lipinski definition) is 11. The molecule has 2 heterocycles.